The van der Waals surface area contributed by atoms with E-state index in [9.17, 15) is 0 Å². The van der Waals surface area contributed by atoms with Gasteiger partial charge in [-0.3, -0.25) is 5.32 Å². The van der Waals surface area contributed by atoms with Crippen LogP contribution in [-0.4, -0.2) is 32.9 Å². The molecule has 0 aromatic heterocycles. The first-order chi connectivity index (χ1) is 9.08. The summed E-state index contributed by atoms with van der Waals surface area (Å²) in [6.07, 6.45) is 0. The van der Waals surface area contributed by atoms with Crippen molar-refractivity contribution in [3.8, 4) is 23.3 Å². The largest absolute Gasteiger partial charge is 0.496 e. The number of ether oxygens (including phenoxy) is 3. The van der Waals surface area contributed by atoms with Crippen LogP contribution in [-0.2, 0) is 0 Å². The molecule has 0 heterocycles. The molecule has 0 saturated heterocycles. The van der Waals surface area contributed by atoms with Gasteiger partial charge < -0.3 is 14.2 Å². The van der Waals surface area contributed by atoms with E-state index < -0.39 is 0 Å². The average molecular weight is 264 g/mol. The lowest BCUT2D eigenvalue weighted by molar-refractivity contribution is 0.279. The molecule has 0 aliphatic heterocycles. The first-order valence-corrected chi connectivity index (χ1v) is 6.10. The Kier molecular flexibility index (Phi) is 5.97. The smallest absolute Gasteiger partial charge is 0.130 e. The zero-order valence-corrected chi connectivity index (χ0v) is 11.8. The molecular weight excluding hydrogens is 244 g/mol. The molecule has 5 heteroatoms. The zero-order valence-electron chi connectivity index (χ0n) is 11.8. The van der Waals surface area contributed by atoms with Crippen LogP contribution in [0.1, 0.15) is 13.8 Å². The van der Waals surface area contributed by atoms with Crippen LogP contribution in [0.4, 0.5) is 0 Å². The fourth-order valence-corrected chi connectivity index (χ4v) is 1.57. The molecule has 5 nitrogen and oxygen atoms in total. The van der Waals surface area contributed by atoms with Crippen LogP contribution in [0.2, 0.25) is 0 Å². The summed E-state index contributed by atoms with van der Waals surface area (Å²) in [6, 6.07) is 7.32. The molecule has 19 heavy (non-hydrogen) atoms. The van der Waals surface area contributed by atoms with Gasteiger partial charge >= 0.3 is 0 Å². The van der Waals surface area contributed by atoms with E-state index in [2.05, 4.69) is 11.4 Å². The van der Waals surface area contributed by atoms with Crippen molar-refractivity contribution in [2.45, 2.75) is 25.9 Å². The predicted octanol–water partition coefficient (Wildman–Crippen LogP) is 1.97. The lowest BCUT2D eigenvalue weighted by Crippen LogP contribution is -2.37. The fraction of sp³-hybridized carbons (Fsp3) is 0.500. The van der Waals surface area contributed by atoms with Crippen molar-refractivity contribution in [1.29, 1.82) is 5.26 Å². The van der Waals surface area contributed by atoms with Crippen molar-refractivity contribution in [3.63, 3.8) is 0 Å². The number of nitrogens with zero attached hydrogens (tertiary/aromatic N) is 1. The molecule has 0 amide bonds. The van der Waals surface area contributed by atoms with Crippen LogP contribution in [0.5, 0.6) is 17.2 Å². The first-order valence-electron chi connectivity index (χ1n) is 6.10. The number of rotatable bonds is 7. The summed E-state index contributed by atoms with van der Waals surface area (Å²) in [5, 5.41) is 12.1. The van der Waals surface area contributed by atoms with E-state index in [1.807, 2.05) is 13.8 Å². The topological polar surface area (TPSA) is 63.5 Å². The standard InChI is InChI=1S/C14H20N2O3/c1-10(2)16-11(8-15)9-19-14-6-12(17-3)5-13(7-14)18-4/h5-7,10-11,16H,9H2,1-4H3. The molecule has 1 aromatic rings. The maximum absolute atomic E-state index is 9.01. The summed E-state index contributed by atoms with van der Waals surface area (Å²) in [5.41, 5.74) is 0. The Morgan fingerprint density at radius 1 is 1.11 bits per heavy atom. The third kappa shape index (κ3) is 5.06. The van der Waals surface area contributed by atoms with E-state index in [4.69, 9.17) is 19.5 Å². The minimum absolute atomic E-state index is 0.230. The van der Waals surface area contributed by atoms with Crippen LogP contribution >= 0.6 is 0 Å². The first kappa shape index (κ1) is 15.1. The number of nitrogens with one attached hydrogen (secondary N) is 1. The molecule has 0 spiro atoms. The number of benzene rings is 1. The summed E-state index contributed by atoms with van der Waals surface area (Å²) >= 11 is 0. The van der Waals surface area contributed by atoms with Crippen LogP contribution in [0.3, 0.4) is 0 Å². The monoisotopic (exact) mass is 264 g/mol. The molecule has 0 aliphatic carbocycles. The van der Waals surface area contributed by atoms with Gasteiger partial charge in [0.1, 0.15) is 29.9 Å². The molecule has 1 unspecified atom stereocenters. The second-order valence-electron chi connectivity index (χ2n) is 4.36. The Morgan fingerprint density at radius 3 is 2.05 bits per heavy atom. The SMILES string of the molecule is COc1cc(OC)cc(OCC(C#N)NC(C)C)c1. The summed E-state index contributed by atoms with van der Waals surface area (Å²) in [7, 11) is 3.16. The quantitative estimate of drug-likeness (QED) is 0.815. The fourth-order valence-electron chi connectivity index (χ4n) is 1.57. The highest BCUT2D eigenvalue weighted by Gasteiger charge is 2.10. The second kappa shape index (κ2) is 7.49. The third-order valence-electron chi connectivity index (χ3n) is 2.43. The number of methoxy groups -OCH3 is 2. The van der Waals surface area contributed by atoms with Crippen molar-refractivity contribution in [2.24, 2.45) is 0 Å². The van der Waals surface area contributed by atoms with E-state index in [1.165, 1.54) is 0 Å². The molecule has 1 atom stereocenters. The van der Waals surface area contributed by atoms with E-state index >= 15 is 0 Å². The molecule has 1 aromatic carbocycles. The second-order valence-corrected chi connectivity index (χ2v) is 4.36. The minimum Gasteiger partial charge on any atom is -0.496 e. The van der Waals surface area contributed by atoms with E-state index in [-0.39, 0.29) is 18.7 Å². The van der Waals surface area contributed by atoms with Crippen LogP contribution < -0.4 is 19.5 Å². The van der Waals surface area contributed by atoms with E-state index in [0.29, 0.717) is 17.2 Å². The van der Waals surface area contributed by atoms with Crippen LogP contribution in [0, 0.1) is 11.3 Å². The summed E-state index contributed by atoms with van der Waals surface area (Å²) < 4.78 is 15.9. The van der Waals surface area contributed by atoms with Gasteiger partial charge in [-0.25, -0.2) is 0 Å². The molecule has 0 saturated carbocycles. The maximum atomic E-state index is 9.01. The summed E-state index contributed by atoms with van der Waals surface area (Å²) in [5.74, 6) is 1.92. The lowest BCUT2D eigenvalue weighted by Gasteiger charge is -2.16. The lowest BCUT2D eigenvalue weighted by atomic mass is 10.2. The third-order valence-corrected chi connectivity index (χ3v) is 2.43. The summed E-state index contributed by atoms with van der Waals surface area (Å²) in [4.78, 5) is 0. The van der Waals surface area contributed by atoms with Gasteiger partial charge in [-0.1, -0.05) is 0 Å². The van der Waals surface area contributed by atoms with Crippen molar-refractivity contribution in [3.05, 3.63) is 18.2 Å². The van der Waals surface area contributed by atoms with Crippen molar-refractivity contribution < 1.29 is 14.2 Å². The van der Waals surface area contributed by atoms with Gasteiger partial charge in [-0.05, 0) is 13.8 Å². The Balaban J connectivity index is 2.68. The molecule has 0 aliphatic rings. The Hall–Kier alpha value is -1.93. The predicted molar refractivity (Wildman–Crippen MR) is 72.7 cm³/mol. The van der Waals surface area contributed by atoms with Gasteiger partial charge in [0.15, 0.2) is 0 Å². The number of hydrogen-bond donors (Lipinski definition) is 1. The minimum atomic E-state index is -0.350. The van der Waals surface area contributed by atoms with Crippen molar-refractivity contribution in [2.75, 3.05) is 20.8 Å². The van der Waals surface area contributed by atoms with Gasteiger partial charge in [0, 0.05) is 24.2 Å². The van der Waals surface area contributed by atoms with Gasteiger partial charge in [0.25, 0.3) is 0 Å². The Labute approximate surface area is 114 Å². The van der Waals surface area contributed by atoms with Gasteiger partial charge in [-0.15, -0.1) is 0 Å². The van der Waals surface area contributed by atoms with Gasteiger partial charge in [-0.2, -0.15) is 5.26 Å². The van der Waals surface area contributed by atoms with Gasteiger partial charge in [0.2, 0.25) is 0 Å². The molecule has 0 radical (unpaired) electrons. The highest BCUT2D eigenvalue weighted by Crippen LogP contribution is 2.27. The Morgan fingerprint density at radius 2 is 1.63 bits per heavy atom. The molecular formula is C14H20N2O3. The highest BCUT2D eigenvalue weighted by atomic mass is 16.5. The van der Waals surface area contributed by atoms with E-state index in [1.54, 1.807) is 32.4 Å². The molecule has 0 fully saturated rings. The van der Waals surface area contributed by atoms with Crippen molar-refractivity contribution in [1.82, 2.24) is 5.32 Å². The Bertz CT molecular complexity index is 419. The van der Waals surface area contributed by atoms with Gasteiger partial charge in [0.05, 0.1) is 20.3 Å². The normalized spacial score (nSPS) is 11.8. The number of nitriles is 1. The van der Waals surface area contributed by atoms with Crippen LogP contribution in [0.15, 0.2) is 18.2 Å². The van der Waals surface area contributed by atoms with Crippen molar-refractivity contribution >= 4 is 0 Å². The molecule has 1 rings (SSSR count). The average Bonchev–Trinajstić information content (AvgIpc) is 2.42. The number of hydrogen-bond acceptors (Lipinski definition) is 5. The summed E-state index contributed by atoms with van der Waals surface area (Å²) in [6.45, 7) is 4.24. The maximum Gasteiger partial charge on any atom is 0.130 e. The molecule has 1 N–H and O–H groups in total. The zero-order chi connectivity index (χ0) is 14.3. The highest BCUT2D eigenvalue weighted by molar-refractivity contribution is 5.42. The molecule has 0 bridgehead atoms. The van der Waals surface area contributed by atoms with E-state index in [0.717, 1.165) is 0 Å². The molecule has 104 valence electrons. The van der Waals surface area contributed by atoms with Crippen LogP contribution in [0.25, 0.3) is 0 Å².